The first-order chi connectivity index (χ1) is 10.2. The van der Waals surface area contributed by atoms with Crippen LogP contribution in [0.5, 0.6) is 0 Å². The minimum atomic E-state index is 0. The maximum Gasteiger partial charge on any atom is 0.224 e. The van der Waals surface area contributed by atoms with E-state index >= 15 is 0 Å². The first-order valence-corrected chi connectivity index (χ1v) is 7.34. The van der Waals surface area contributed by atoms with E-state index in [1.54, 1.807) is 0 Å². The Balaban J connectivity index is 0.00000176. The lowest BCUT2D eigenvalue weighted by Gasteiger charge is -2.07. The zero-order valence-corrected chi connectivity index (χ0v) is 13.5. The lowest BCUT2D eigenvalue weighted by Crippen LogP contribution is -2.24. The number of fused-ring (bicyclic) bond motifs is 1. The molecule has 0 fully saturated rings. The number of hydrogen-bond acceptors (Lipinski definition) is 2. The van der Waals surface area contributed by atoms with Crippen molar-refractivity contribution in [2.45, 2.75) is 33.0 Å². The molecule has 4 heteroatoms. The van der Waals surface area contributed by atoms with E-state index in [9.17, 15) is 4.79 Å². The number of amides is 1. The summed E-state index contributed by atoms with van der Waals surface area (Å²) in [5.74, 6) is 0.0671. The van der Waals surface area contributed by atoms with Gasteiger partial charge in [-0.25, -0.2) is 0 Å². The predicted molar refractivity (Wildman–Crippen MR) is 91.0 cm³/mol. The average Bonchev–Trinajstić information content (AvgIpc) is 2.95. The maximum atomic E-state index is 12.0. The van der Waals surface area contributed by atoms with Crippen molar-refractivity contribution in [3.8, 4) is 0 Å². The first-order valence-electron chi connectivity index (χ1n) is 7.34. The largest absolute Gasteiger partial charge is 0.352 e. The SMILES string of the molecule is Cc1ccc(CC(=O)NCc2ccc3c(c2)CNC3)cc1.Cl. The molecule has 22 heavy (non-hydrogen) atoms. The summed E-state index contributed by atoms with van der Waals surface area (Å²) in [5, 5.41) is 6.32. The van der Waals surface area contributed by atoms with Crippen LogP contribution in [0.4, 0.5) is 0 Å². The molecule has 0 bridgehead atoms. The Morgan fingerprint density at radius 2 is 1.73 bits per heavy atom. The fourth-order valence-electron chi connectivity index (χ4n) is 2.61. The second-order valence-electron chi connectivity index (χ2n) is 5.65. The van der Waals surface area contributed by atoms with Crippen LogP contribution in [0.1, 0.15) is 27.8 Å². The second kappa shape index (κ2) is 7.43. The van der Waals surface area contributed by atoms with Crippen molar-refractivity contribution in [2.75, 3.05) is 0 Å². The topological polar surface area (TPSA) is 41.1 Å². The fraction of sp³-hybridized carbons (Fsp3) is 0.278. The Bertz CT molecular complexity index is 653. The van der Waals surface area contributed by atoms with Gasteiger partial charge in [0.1, 0.15) is 0 Å². The van der Waals surface area contributed by atoms with Gasteiger partial charge < -0.3 is 10.6 Å². The number of carbonyl (C=O) groups is 1. The molecule has 0 atom stereocenters. The molecular formula is C18H21ClN2O. The van der Waals surface area contributed by atoms with E-state index in [1.165, 1.54) is 16.7 Å². The van der Waals surface area contributed by atoms with Crippen LogP contribution < -0.4 is 10.6 Å². The Hall–Kier alpha value is -1.84. The van der Waals surface area contributed by atoms with E-state index in [0.717, 1.165) is 24.2 Å². The van der Waals surface area contributed by atoms with Crippen LogP contribution in [-0.4, -0.2) is 5.91 Å². The molecule has 1 aliphatic heterocycles. The van der Waals surface area contributed by atoms with Gasteiger partial charge in [-0.1, -0.05) is 48.0 Å². The highest BCUT2D eigenvalue weighted by atomic mass is 35.5. The molecule has 116 valence electrons. The third kappa shape index (κ3) is 4.09. The van der Waals surface area contributed by atoms with E-state index in [2.05, 4.69) is 28.8 Å². The third-order valence-electron chi connectivity index (χ3n) is 3.88. The molecule has 0 unspecified atom stereocenters. The van der Waals surface area contributed by atoms with E-state index in [1.807, 2.05) is 31.2 Å². The minimum absolute atomic E-state index is 0. The summed E-state index contributed by atoms with van der Waals surface area (Å²) in [4.78, 5) is 12.0. The molecule has 1 heterocycles. The van der Waals surface area contributed by atoms with Gasteiger partial charge >= 0.3 is 0 Å². The smallest absolute Gasteiger partial charge is 0.224 e. The highest BCUT2D eigenvalue weighted by Crippen LogP contribution is 2.16. The van der Waals surface area contributed by atoms with Gasteiger partial charge in [-0.15, -0.1) is 12.4 Å². The number of carbonyl (C=O) groups excluding carboxylic acids is 1. The van der Waals surface area contributed by atoms with Crippen molar-refractivity contribution in [3.63, 3.8) is 0 Å². The van der Waals surface area contributed by atoms with Gasteiger partial charge in [0, 0.05) is 19.6 Å². The van der Waals surface area contributed by atoms with Crippen molar-refractivity contribution in [1.82, 2.24) is 10.6 Å². The predicted octanol–water partition coefficient (Wildman–Crippen LogP) is 2.88. The summed E-state index contributed by atoms with van der Waals surface area (Å²) in [5.41, 5.74) is 6.14. The third-order valence-corrected chi connectivity index (χ3v) is 3.88. The van der Waals surface area contributed by atoms with Gasteiger partial charge in [0.05, 0.1) is 6.42 Å². The van der Waals surface area contributed by atoms with Gasteiger partial charge in [-0.3, -0.25) is 4.79 Å². The zero-order valence-electron chi connectivity index (χ0n) is 12.7. The summed E-state index contributed by atoms with van der Waals surface area (Å²) in [6, 6.07) is 14.5. The molecule has 3 rings (SSSR count). The van der Waals surface area contributed by atoms with Crippen LogP contribution in [0.2, 0.25) is 0 Å². The van der Waals surface area contributed by atoms with E-state index in [0.29, 0.717) is 13.0 Å². The molecule has 0 saturated heterocycles. The number of nitrogens with one attached hydrogen (secondary N) is 2. The monoisotopic (exact) mass is 316 g/mol. The van der Waals surface area contributed by atoms with Gasteiger partial charge in [0.25, 0.3) is 0 Å². The molecule has 0 radical (unpaired) electrons. The highest BCUT2D eigenvalue weighted by Gasteiger charge is 2.10. The summed E-state index contributed by atoms with van der Waals surface area (Å²) in [7, 11) is 0. The number of halogens is 1. The highest BCUT2D eigenvalue weighted by molar-refractivity contribution is 5.85. The van der Waals surface area contributed by atoms with Crippen LogP contribution in [-0.2, 0) is 30.8 Å². The quantitative estimate of drug-likeness (QED) is 0.910. The van der Waals surface area contributed by atoms with E-state index < -0.39 is 0 Å². The Labute approximate surface area is 137 Å². The molecule has 1 aliphatic rings. The lowest BCUT2D eigenvalue weighted by atomic mass is 10.1. The van der Waals surface area contributed by atoms with Crippen LogP contribution >= 0.6 is 12.4 Å². The van der Waals surface area contributed by atoms with Crippen molar-refractivity contribution < 1.29 is 4.79 Å². The molecule has 2 aromatic carbocycles. The van der Waals surface area contributed by atoms with Gasteiger partial charge in [-0.2, -0.15) is 0 Å². The molecule has 0 saturated carbocycles. The molecule has 2 aromatic rings. The summed E-state index contributed by atoms with van der Waals surface area (Å²) < 4.78 is 0. The van der Waals surface area contributed by atoms with Crippen LogP contribution in [0.25, 0.3) is 0 Å². The number of benzene rings is 2. The molecule has 0 spiro atoms. The molecule has 1 amide bonds. The molecular weight excluding hydrogens is 296 g/mol. The molecule has 3 nitrogen and oxygen atoms in total. The standard InChI is InChI=1S/C18H20N2O.ClH/c1-13-2-4-14(5-3-13)9-18(21)20-10-15-6-7-16-11-19-12-17(16)8-15;/h2-8,19H,9-12H2,1H3,(H,20,21);1H. The summed E-state index contributed by atoms with van der Waals surface area (Å²) in [6.45, 7) is 4.53. The summed E-state index contributed by atoms with van der Waals surface area (Å²) in [6.07, 6.45) is 0.437. The molecule has 2 N–H and O–H groups in total. The van der Waals surface area contributed by atoms with Crippen molar-refractivity contribution in [1.29, 1.82) is 0 Å². The Morgan fingerprint density at radius 1 is 1.05 bits per heavy atom. The number of hydrogen-bond donors (Lipinski definition) is 2. The lowest BCUT2D eigenvalue weighted by molar-refractivity contribution is -0.120. The average molecular weight is 317 g/mol. The van der Waals surface area contributed by atoms with Crippen LogP contribution in [0.15, 0.2) is 42.5 Å². The van der Waals surface area contributed by atoms with Gasteiger partial charge in [0.15, 0.2) is 0 Å². The van der Waals surface area contributed by atoms with Crippen molar-refractivity contribution >= 4 is 18.3 Å². The number of rotatable bonds is 4. The van der Waals surface area contributed by atoms with Crippen molar-refractivity contribution in [3.05, 3.63) is 70.3 Å². The number of aryl methyl sites for hydroxylation is 1. The molecule has 0 aliphatic carbocycles. The van der Waals surface area contributed by atoms with Crippen molar-refractivity contribution in [2.24, 2.45) is 0 Å². The minimum Gasteiger partial charge on any atom is -0.352 e. The van der Waals surface area contributed by atoms with Crippen LogP contribution in [0.3, 0.4) is 0 Å². The first kappa shape index (κ1) is 16.5. The normalized spacial score (nSPS) is 12.4. The van der Waals surface area contributed by atoms with Gasteiger partial charge in [0.2, 0.25) is 5.91 Å². The Kier molecular flexibility index (Phi) is 5.58. The van der Waals surface area contributed by atoms with E-state index in [-0.39, 0.29) is 18.3 Å². The molecule has 0 aromatic heterocycles. The summed E-state index contributed by atoms with van der Waals surface area (Å²) >= 11 is 0. The van der Waals surface area contributed by atoms with E-state index in [4.69, 9.17) is 0 Å². The van der Waals surface area contributed by atoms with Crippen LogP contribution in [0, 0.1) is 6.92 Å². The maximum absolute atomic E-state index is 12.0. The zero-order chi connectivity index (χ0) is 14.7. The van der Waals surface area contributed by atoms with Gasteiger partial charge in [-0.05, 0) is 29.2 Å². The fourth-order valence-corrected chi connectivity index (χ4v) is 2.61. The second-order valence-corrected chi connectivity index (χ2v) is 5.65. The Morgan fingerprint density at radius 3 is 2.50 bits per heavy atom.